The van der Waals surface area contributed by atoms with E-state index < -0.39 is 21.8 Å². The van der Waals surface area contributed by atoms with Crippen LogP contribution < -0.4 is 20.2 Å². The Hall–Kier alpha value is -3.89. The molecule has 0 unspecified atom stereocenters. The quantitative estimate of drug-likeness (QED) is 0.317. The van der Waals surface area contributed by atoms with Crippen LogP contribution in [0, 0.1) is 0 Å². The van der Waals surface area contributed by atoms with Gasteiger partial charge in [0, 0.05) is 10.6 Å². The Balaban J connectivity index is 1.63. The third-order valence-corrected chi connectivity index (χ3v) is 6.09. The Bertz CT molecular complexity index is 1310. The van der Waals surface area contributed by atoms with E-state index in [0.29, 0.717) is 27.6 Å². The lowest BCUT2D eigenvalue weighted by Gasteiger charge is -2.22. The summed E-state index contributed by atoms with van der Waals surface area (Å²) < 4.78 is 31.1. The smallest absolute Gasteiger partial charge is 0.271 e. The Kier molecular flexibility index (Phi) is 8.45. The van der Waals surface area contributed by atoms with Crippen molar-refractivity contribution in [2.24, 2.45) is 10.8 Å². The van der Waals surface area contributed by atoms with Crippen LogP contribution in [0.4, 0.5) is 5.69 Å². The second-order valence-electron chi connectivity index (χ2n) is 7.47. The maximum atomic E-state index is 12.4. The Morgan fingerprint density at radius 3 is 2.23 bits per heavy atom. The van der Waals surface area contributed by atoms with Crippen LogP contribution in [-0.4, -0.2) is 39.3 Å². The number of amides is 2. The van der Waals surface area contributed by atoms with Gasteiger partial charge >= 0.3 is 0 Å². The van der Waals surface area contributed by atoms with E-state index in [1.165, 1.54) is 22.7 Å². The van der Waals surface area contributed by atoms with Crippen LogP contribution in [0.15, 0.2) is 77.9 Å². The number of hydrazone groups is 1. The molecule has 182 valence electrons. The normalized spacial score (nSPS) is 11.3. The molecule has 0 aliphatic carbocycles. The lowest BCUT2D eigenvalue weighted by molar-refractivity contribution is -0.119. The molecule has 0 bridgehead atoms. The first-order chi connectivity index (χ1) is 16.6. The number of nitrogens with two attached hydrogens (primary N) is 1. The van der Waals surface area contributed by atoms with Crippen LogP contribution in [0.5, 0.6) is 5.75 Å². The van der Waals surface area contributed by atoms with Crippen molar-refractivity contribution in [1.29, 1.82) is 0 Å². The Morgan fingerprint density at radius 1 is 1.03 bits per heavy atom. The standard InChI is InChI=1S/C24H23ClN4O5S/c1-35(32,33)29(15-18-2-8-20(25)9-3-18)21-10-6-19(7-11-21)24(31)28-27-14-17-4-12-22(13-5-17)34-16-23(26)30/h2-14H,15-16H2,1H3,(H2,26,30)(H,28,31)/b27-14+. The number of anilines is 1. The number of halogens is 1. The number of carbonyl (C=O) groups is 2. The van der Waals surface area contributed by atoms with Gasteiger partial charge in [-0.15, -0.1) is 0 Å². The van der Waals surface area contributed by atoms with Crippen LogP contribution in [0.2, 0.25) is 5.02 Å². The minimum atomic E-state index is -3.57. The molecule has 3 rings (SSSR count). The fourth-order valence-electron chi connectivity index (χ4n) is 2.97. The topological polar surface area (TPSA) is 131 Å². The monoisotopic (exact) mass is 514 g/mol. The van der Waals surface area contributed by atoms with Gasteiger partial charge in [-0.1, -0.05) is 23.7 Å². The fourth-order valence-corrected chi connectivity index (χ4v) is 3.98. The zero-order valence-electron chi connectivity index (χ0n) is 18.7. The molecule has 0 radical (unpaired) electrons. The number of benzene rings is 3. The lowest BCUT2D eigenvalue weighted by Crippen LogP contribution is -2.29. The predicted molar refractivity (Wildman–Crippen MR) is 135 cm³/mol. The minimum absolute atomic E-state index is 0.123. The predicted octanol–water partition coefficient (Wildman–Crippen LogP) is 2.93. The van der Waals surface area contributed by atoms with E-state index in [-0.39, 0.29) is 13.2 Å². The van der Waals surface area contributed by atoms with E-state index in [1.54, 1.807) is 60.7 Å². The summed E-state index contributed by atoms with van der Waals surface area (Å²) in [6.07, 6.45) is 2.57. The number of ether oxygens (including phenoxy) is 1. The summed E-state index contributed by atoms with van der Waals surface area (Å²) >= 11 is 5.90. The zero-order valence-corrected chi connectivity index (χ0v) is 20.3. The van der Waals surface area contributed by atoms with Gasteiger partial charge in [0.25, 0.3) is 11.8 Å². The van der Waals surface area contributed by atoms with Crippen molar-refractivity contribution in [3.63, 3.8) is 0 Å². The molecule has 11 heteroatoms. The molecule has 0 fully saturated rings. The van der Waals surface area contributed by atoms with E-state index in [9.17, 15) is 18.0 Å². The van der Waals surface area contributed by atoms with Gasteiger partial charge in [-0.05, 0) is 71.8 Å². The molecule has 35 heavy (non-hydrogen) atoms. The molecule has 9 nitrogen and oxygen atoms in total. The third kappa shape index (κ3) is 7.83. The zero-order chi connectivity index (χ0) is 25.4. The van der Waals surface area contributed by atoms with Crippen molar-refractivity contribution in [3.8, 4) is 5.75 Å². The Morgan fingerprint density at radius 2 is 1.66 bits per heavy atom. The first kappa shape index (κ1) is 25.7. The SMILES string of the molecule is CS(=O)(=O)N(Cc1ccc(Cl)cc1)c1ccc(C(=O)N/N=C/c2ccc(OCC(N)=O)cc2)cc1. The number of sulfonamides is 1. The van der Waals surface area contributed by atoms with Crippen molar-refractivity contribution in [2.75, 3.05) is 17.2 Å². The summed E-state index contributed by atoms with van der Waals surface area (Å²) in [4.78, 5) is 23.2. The van der Waals surface area contributed by atoms with E-state index in [1.807, 2.05) is 0 Å². The molecule has 0 saturated carbocycles. The second-order valence-corrected chi connectivity index (χ2v) is 9.81. The summed E-state index contributed by atoms with van der Waals surface area (Å²) in [6, 6.07) is 19.7. The second kappa shape index (κ2) is 11.5. The summed E-state index contributed by atoms with van der Waals surface area (Å²) in [6.45, 7) is -0.0937. The number of carbonyl (C=O) groups excluding carboxylic acids is 2. The first-order valence-corrected chi connectivity index (χ1v) is 12.5. The molecule has 0 saturated heterocycles. The lowest BCUT2D eigenvalue weighted by atomic mass is 10.2. The van der Waals surface area contributed by atoms with Gasteiger partial charge in [0.1, 0.15) is 5.75 Å². The van der Waals surface area contributed by atoms with Crippen LogP contribution in [-0.2, 0) is 21.4 Å². The summed E-state index contributed by atoms with van der Waals surface area (Å²) in [5.74, 6) is -0.556. The molecule has 0 heterocycles. The van der Waals surface area contributed by atoms with Gasteiger partial charge in [-0.2, -0.15) is 5.10 Å². The molecule has 3 aromatic carbocycles. The summed E-state index contributed by atoms with van der Waals surface area (Å²) in [5.41, 5.74) is 9.64. The van der Waals surface area contributed by atoms with Gasteiger partial charge in [-0.25, -0.2) is 13.8 Å². The molecular formula is C24H23ClN4O5S. The van der Waals surface area contributed by atoms with Crippen LogP contribution in [0.1, 0.15) is 21.5 Å². The number of nitrogens with one attached hydrogen (secondary N) is 1. The largest absolute Gasteiger partial charge is 0.484 e. The molecule has 0 aliphatic rings. The van der Waals surface area contributed by atoms with Gasteiger partial charge in [-0.3, -0.25) is 13.9 Å². The molecule has 3 aromatic rings. The number of nitrogens with zero attached hydrogens (tertiary/aromatic N) is 2. The highest BCUT2D eigenvalue weighted by molar-refractivity contribution is 7.92. The van der Waals surface area contributed by atoms with Gasteiger partial charge in [0.2, 0.25) is 10.0 Å². The number of rotatable bonds is 10. The maximum absolute atomic E-state index is 12.4. The average Bonchev–Trinajstić information content (AvgIpc) is 2.82. The first-order valence-electron chi connectivity index (χ1n) is 10.3. The number of hydrogen-bond acceptors (Lipinski definition) is 6. The van der Waals surface area contributed by atoms with Gasteiger partial charge < -0.3 is 10.5 Å². The molecule has 2 amide bonds. The maximum Gasteiger partial charge on any atom is 0.271 e. The molecular weight excluding hydrogens is 492 g/mol. The third-order valence-electron chi connectivity index (χ3n) is 4.70. The minimum Gasteiger partial charge on any atom is -0.484 e. The molecule has 0 aromatic heterocycles. The Labute approximate surface area is 208 Å². The molecule has 0 atom stereocenters. The van der Waals surface area contributed by atoms with Crippen LogP contribution in [0.3, 0.4) is 0 Å². The molecule has 0 spiro atoms. The number of hydrogen-bond donors (Lipinski definition) is 2. The highest BCUT2D eigenvalue weighted by Crippen LogP contribution is 2.22. The van der Waals surface area contributed by atoms with E-state index in [4.69, 9.17) is 22.1 Å². The van der Waals surface area contributed by atoms with E-state index in [2.05, 4.69) is 10.5 Å². The molecule has 0 aliphatic heterocycles. The van der Waals surface area contributed by atoms with Gasteiger partial charge in [0.05, 0.1) is 24.7 Å². The van der Waals surface area contributed by atoms with Crippen LogP contribution >= 0.6 is 11.6 Å². The summed E-state index contributed by atoms with van der Waals surface area (Å²) in [5, 5.41) is 4.48. The highest BCUT2D eigenvalue weighted by Gasteiger charge is 2.18. The van der Waals surface area contributed by atoms with Crippen molar-refractivity contribution < 1.29 is 22.7 Å². The van der Waals surface area contributed by atoms with Crippen molar-refractivity contribution >= 4 is 45.3 Å². The van der Waals surface area contributed by atoms with Crippen molar-refractivity contribution in [2.45, 2.75) is 6.54 Å². The summed E-state index contributed by atoms with van der Waals surface area (Å²) in [7, 11) is -3.57. The fraction of sp³-hybridized carbons (Fsp3) is 0.125. The van der Waals surface area contributed by atoms with E-state index >= 15 is 0 Å². The highest BCUT2D eigenvalue weighted by atomic mass is 35.5. The van der Waals surface area contributed by atoms with Crippen molar-refractivity contribution in [3.05, 3.63) is 94.5 Å². The van der Waals surface area contributed by atoms with Gasteiger partial charge in [0.15, 0.2) is 6.61 Å². The van der Waals surface area contributed by atoms with Crippen LogP contribution in [0.25, 0.3) is 0 Å². The molecule has 3 N–H and O–H groups in total. The number of primary amides is 1. The average molecular weight is 515 g/mol. The van der Waals surface area contributed by atoms with E-state index in [0.717, 1.165) is 11.8 Å². The van der Waals surface area contributed by atoms with Crippen molar-refractivity contribution in [1.82, 2.24) is 5.43 Å².